The number of amides is 2. The molecular formula is C24H25N5O4. The van der Waals surface area contributed by atoms with Crippen LogP contribution in [0, 0.1) is 5.92 Å². The molecule has 2 fully saturated rings. The first kappa shape index (κ1) is 21.1. The number of hydrogen-bond acceptors (Lipinski definition) is 6. The van der Waals surface area contributed by atoms with E-state index in [0.717, 1.165) is 24.3 Å². The maximum absolute atomic E-state index is 13.3. The van der Waals surface area contributed by atoms with E-state index >= 15 is 0 Å². The van der Waals surface area contributed by atoms with Gasteiger partial charge in [-0.3, -0.25) is 14.0 Å². The van der Waals surface area contributed by atoms with E-state index in [1.54, 1.807) is 29.2 Å². The summed E-state index contributed by atoms with van der Waals surface area (Å²) >= 11 is 0. The van der Waals surface area contributed by atoms with Crippen LogP contribution in [-0.4, -0.2) is 64.0 Å². The van der Waals surface area contributed by atoms with Crippen LogP contribution in [0.25, 0.3) is 5.65 Å². The second kappa shape index (κ2) is 8.65. The predicted molar refractivity (Wildman–Crippen MR) is 120 cm³/mol. The molecule has 2 saturated heterocycles. The summed E-state index contributed by atoms with van der Waals surface area (Å²) in [6.45, 7) is 1.60. The van der Waals surface area contributed by atoms with E-state index in [1.807, 2.05) is 33.7 Å². The second-order valence-electron chi connectivity index (χ2n) is 8.55. The SMILES string of the molecule is COC(=O)c1ccc(N2C[C@@H](C(=O)N3CCC[C@H](c4nnc5ccccn45)C3)CC2=O)cc1. The Labute approximate surface area is 190 Å². The normalized spacial score (nSPS) is 20.9. The lowest BCUT2D eigenvalue weighted by Crippen LogP contribution is -2.43. The molecule has 0 radical (unpaired) electrons. The van der Waals surface area contributed by atoms with Crippen LogP contribution in [0.3, 0.4) is 0 Å². The van der Waals surface area contributed by atoms with E-state index in [1.165, 1.54) is 7.11 Å². The molecule has 3 aromatic rings. The number of nitrogens with zero attached hydrogens (tertiary/aromatic N) is 5. The van der Waals surface area contributed by atoms with Crippen LogP contribution < -0.4 is 4.90 Å². The lowest BCUT2D eigenvalue weighted by molar-refractivity contribution is -0.137. The van der Waals surface area contributed by atoms with E-state index in [4.69, 9.17) is 4.74 Å². The van der Waals surface area contributed by atoms with Gasteiger partial charge in [-0.15, -0.1) is 10.2 Å². The van der Waals surface area contributed by atoms with Crippen molar-refractivity contribution < 1.29 is 19.1 Å². The Kier molecular flexibility index (Phi) is 5.53. The number of likely N-dealkylation sites (tertiary alicyclic amines) is 1. The molecule has 4 heterocycles. The Morgan fingerprint density at radius 1 is 1.06 bits per heavy atom. The lowest BCUT2D eigenvalue weighted by atomic mass is 9.95. The number of carbonyl (C=O) groups excluding carboxylic acids is 3. The van der Waals surface area contributed by atoms with Crippen molar-refractivity contribution in [2.45, 2.75) is 25.2 Å². The maximum Gasteiger partial charge on any atom is 0.337 e. The molecule has 0 spiro atoms. The Morgan fingerprint density at radius 3 is 2.67 bits per heavy atom. The highest BCUT2D eigenvalue weighted by Crippen LogP contribution is 2.30. The lowest BCUT2D eigenvalue weighted by Gasteiger charge is -2.33. The zero-order valence-electron chi connectivity index (χ0n) is 18.4. The first-order valence-electron chi connectivity index (χ1n) is 11.1. The summed E-state index contributed by atoms with van der Waals surface area (Å²) in [6.07, 6.45) is 3.97. The van der Waals surface area contributed by atoms with Gasteiger partial charge in [0.25, 0.3) is 0 Å². The summed E-state index contributed by atoms with van der Waals surface area (Å²) in [6, 6.07) is 12.5. The van der Waals surface area contributed by atoms with E-state index in [9.17, 15) is 14.4 Å². The molecule has 2 aliphatic rings. The van der Waals surface area contributed by atoms with Crippen molar-refractivity contribution in [3.8, 4) is 0 Å². The molecule has 170 valence electrons. The molecule has 9 heteroatoms. The van der Waals surface area contributed by atoms with Crippen LogP contribution in [0.15, 0.2) is 48.7 Å². The van der Waals surface area contributed by atoms with Gasteiger partial charge < -0.3 is 14.5 Å². The van der Waals surface area contributed by atoms with Crippen LogP contribution >= 0.6 is 0 Å². The molecule has 0 aliphatic carbocycles. The monoisotopic (exact) mass is 447 g/mol. The van der Waals surface area contributed by atoms with Crippen LogP contribution in [0.5, 0.6) is 0 Å². The first-order valence-corrected chi connectivity index (χ1v) is 11.1. The van der Waals surface area contributed by atoms with Crippen molar-refractivity contribution in [1.82, 2.24) is 19.5 Å². The third kappa shape index (κ3) is 3.94. The highest BCUT2D eigenvalue weighted by Gasteiger charge is 2.39. The van der Waals surface area contributed by atoms with Crippen LogP contribution in [-0.2, 0) is 14.3 Å². The Morgan fingerprint density at radius 2 is 1.88 bits per heavy atom. The van der Waals surface area contributed by atoms with Crippen molar-refractivity contribution in [2.24, 2.45) is 5.92 Å². The number of aromatic nitrogens is 3. The molecule has 2 atom stereocenters. The predicted octanol–water partition coefficient (Wildman–Crippen LogP) is 2.28. The summed E-state index contributed by atoms with van der Waals surface area (Å²) in [5, 5.41) is 8.63. The Hall–Kier alpha value is -3.75. The molecule has 0 unspecified atom stereocenters. The summed E-state index contributed by atoms with van der Waals surface area (Å²) in [5.41, 5.74) is 1.89. The van der Waals surface area contributed by atoms with Crippen molar-refractivity contribution in [1.29, 1.82) is 0 Å². The molecule has 1 aromatic carbocycles. The number of piperidine rings is 1. The molecule has 2 aromatic heterocycles. The Bertz CT molecular complexity index is 1210. The molecule has 2 aliphatic heterocycles. The quantitative estimate of drug-likeness (QED) is 0.569. The largest absolute Gasteiger partial charge is 0.465 e. The highest BCUT2D eigenvalue weighted by molar-refractivity contribution is 6.00. The number of anilines is 1. The summed E-state index contributed by atoms with van der Waals surface area (Å²) in [7, 11) is 1.33. The number of ether oxygens (including phenoxy) is 1. The van der Waals surface area contributed by atoms with Crippen LogP contribution in [0.2, 0.25) is 0 Å². The number of hydrogen-bond donors (Lipinski definition) is 0. The van der Waals surface area contributed by atoms with Crippen molar-refractivity contribution in [3.63, 3.8) is 0 Å². The number of carbonyl (C=O) groups is 3. The van der Waals surface area contributed by atoms with Crippen molar-refractivity contribution >= 4 is 29.1 Å². The molecule has 0 saturated carbocycles. The van der Waals surface area contributed by atoms with E-state index in [0.29, 0.717) is 30.9 Å². The molecule has 33 heavy (non-hydrogen) atoms. The third-order valence-electron chi connectivity index (χ3n) is 6.51. The minimum atomic E-state index is -0.428. The van der Waals surface area contributed by atoms with Gasteiger partial charge in [0, 0.05) is 43.9 Å². The van der Waals surface area contributed by atoms with Crippen LogP contribution in [0.1, 0.15) is 41.4 Å². The minimum Gasteiger partial charge on any atom is -0.465 e. The third-order valence-corrected chi connectivity index (χ3v) is 6.51. The number of pyridine rings is 1. The van der Waals surface area contributed by atoms with E-state index in [2.05, 4.69) is 10.2 Å². The smallest absolute Gasteiger partial charge is 0.337 e. The van der Waals surface area contributed by atoms with Gasteiger partial charge in [-0.25, -0.2) is 4.79 Å². The average Bonchev–Trinajstić information content (AvgIpc) is 3.47. The number of rotatable bonds is 4. The van der Waals surface area contributed by atoms with Gasteiger partial charge in [0.05, 0.1) is 18.6 Å². The van der Waals surface area contributed by atoms with Gasteiger partial charge in [-0.2, -0.15) is 0 Å². The number of esters is 1. The Balaban J connectivity index is 1.27. The standard InChI is InChI=1S/C24H25N5O4/c1-33-24(32)16-7-9-19(10-8-16)29-15-18(13-21(29)30)23(31)27-11-4-5-17(14-27)22-26-25-20-6-2-3-12-28(20)22/h2-3,6-10,12,17-18H,4-5,11,13-15H2,1H3/t17-,18-/m0/s1. The van der Waals surface area contributed by atoms with Gasteiger partial charge in [-0.05, 0) is 49.2 Å². The first-order chi connectivity index (χ1) is 16.0. The van der Waals surface area contributed by atoms with Gasteiger partial charge in [0.2, 0.25) is 11.8 Å². The van der Waals surface area contributed by atoms with Gasteiger partial charge >= 0.3 is 5.97 Å². The topological polar surface area (TPSA) is 97.1 Å². The fraction of sp³-hybridized carbons (Fsp3) is 0.375. The fourth-order valence-corrected chi connectivity index (χ4v) is 4.80. The second-order valence-corrected chi connectivity index (χ2v) is 8.55. The number of fused-ring (bicyclic) bond motifs is 1. The van der Waals surface area contributed by atoms with Crippen molar-refractivity contribution in [2.75, 3.05) is 31.6 Å². The molecule has 0 bridgehead atoms. The fourth-order valence-electron chi connectivity index (χ4n) is 4.80. The number of methoxy groups -OCH3 is 1. The van der Waals surface area contributed by atoms with E-state index in [-0.39, 0.29) is 30.1 Å². The highest BCUT2D eigenvalue weighted by atomic mass is 16.5. The zero-order chi connectivity index (χ0) is 22.9. The minimum absolute atomic E-state index is 0.00977. The van der Waals surface area contributed by atoms with Crippen molar-refractivity contribution in [3.05, 3.63) is 60.0 Å². The maximum atomic E-state index is 13.3. The van der Waals surface area contributed by atoms with Gasteiger partial charge in [-0.1, -0.05) is 6.07 Å². The zero-order valence-corrected chi connectivity index (χ0v) is 18.4. The van der Waals surface area contributed by atoms with Gasteiger partial charge in [0.1, 0.15) is 5.82 Å². The molecule has 0 N–H and O–H groups in total. The molecule has 2 amide bonds. The molecule has 9 nitrogen and oxygen atoms in total. The van der Waals surface area contributed by atoms with E-state index < -0.39 is 5.97 Å². The summed E-state index contributed by atoms with van der Waals surface area (Å²) in [4.78, 5) is 41.2. The average molecular weight is 447 g/mol. The summed E-state index contributed by atoms with van der Waals surface area (Å²) in [5.74, 6) is 0.0953. The summed E-state index contributed by atoms with van der Waals surface area (Å²) < 4.78 is 6.70. The van der Waals surface area contributed by atoms with Crippen LogP contribution in [0.4, 0.5) is 5.69 Å². The van der Waals surface area contributed by atoms with Gasteiger partial charge in [0.15, 0.2) is 5.65 Å². The number of benzene rings is 1. The molecule has 5 rings (SSSR count). The molecular weight excluding hydrogens is 422 g/mol.